The highest BCUT2D eigenvalue weighted by atomic mass is 127. The van der Waals surface area contributed by atoms with Gasteiger partial charge in [0.15, 0.2) is 0 Å². The monoisotopic (exact) mass is 396 g/mol. The Kier molecular flexibility index (Phi) is 5.86. The fourth-order valence-corrected chi connectivity index (χ4v) is 2.11. The van der Waals surface area contributed by atoms with Gasteiger partial charge >= 0.3 is 6.03 Å². The summed E-state index contributed by atoms with van der Waals surface area (Å²) in [6.45, 7) is 2.90. The van der Waals surface area contributed by atoms with E-state index in [1.165, 1.54) is 0 Å². The van der Waals surface area contributed by atoms with Gasteiger partial charge in [-0.05, 0) is 71.5 Å². The molecule has 0 bridgehead atoms. The van der Waals surface area contributed by atoms with Gasteiger partial charge in [-0.25, -0.2) is 4.79 Å². The Labute approximate surface area is 138 Å². The van der Waals surface area contributed by atoms with Crippen LogP contribution in [-0.2, 0) is 0 Å². The maximum absolute atomic E-state index is 11.7. The third-order valence-corrected chi connectivity index (χ3v) is 3.47. The van der Waals surface area contributed by atoms with Gasteiger partial charge in [-0.1, -0.05) is 12.1 Å². The first-order valence-electron chi connectivity index (χ1n) is 6.63. The summed E-state index contributed by atoms with van der Waals surface area (Å²) >= 11 is 2.22. The minimum absolute atomic E-state index is 0.232. The molecule has 0 heterocycles. The summed E-state index contributed by atoms with van der Waals surface area (Å²) < 4.78 is 6.69. The number of rotatable bonds is 5. The van der Waals surface area contributed by atoms with Gasteiger partial charge in [-0.3, -0.25) is 0 Å². The molecule has 0 atom stereocenters. The molecular weight excluding hydrogens is 379 g/mol. The fourth-order valence-electron chi connectivity index (χ4n) is 1.75. The maximum Gasteiger partial charge on any atom is 0.319 e. The zero-order chi connectivity index (χ0) is 15.1. The molecule has 0 fully saturated rings. The summed E-state index contributed by atoms with van der Waals surface area (Å²) in [5.74, 6) is 0.815. The van der Waals surface area contributed by atoms with Crippen LogP contribution in [0.2, 0.25) is 0 Å². The molecule has 0 saturated carbocycles. The highest BCUT2D eigenvalue weighted by Gasteiger charge is 2.01. The number of hydrogen-bond donors (Lipinski definition) is 2. The summed E-state index contributed by atoms with van der Waals surface area (Å²) in [6.07, 6.45) is 0. The number of carbonyl (C=O) groups is 1. The molecule has 0 aliphatic rings. The van der Waals surface area contributed by atoms with Crippen LogP contribution < -0.4 is 15.4 Å². The van der Waals surface area contributed by atoms with Crippen LogP contribution in [0.1, 0.15) is 5.56 Å². The van der Waals surface area contributed by atoms with E-state index in [2.05, 4.69) is 33.2 Å². The first kappa shape index (κ1) is 15.6. The minimum Gasteiger partial charge on any atom is -0.492 e. The van der Waals surface area contributed by atoms with E-state index in [9.17, 15) is 4.79 Å². The van der Waals surface area contributed by atoms with Crippen molar-refractivity contribution in [3.05, 3.63) is 57.7 Å². The summed E-state index contributed by atoms with van der Waals surface area (Å²) in [6, 6.07) is 15.2. The molecule has 0 unspecified atom stereocenters. The molecule has 0 aliphatic heterocycles. The average Bonchev–Trinajstić information content (AvgIpc) is 2.46. The van der Waals surface area contributed by atoms with E-state index < -0.39 is 0 Å². The summed E-state index contributed by atoms with van der Waals surface area (Å²) in [7, 11) is 0. The Hall–Kier alpha value is -1.76. The maximum atomic E-state index is 11.7. The van der Waals surface area contributed by atoms with Crippen LogP contribution in [0, 0.1) is 10.5 Å². The van der Waals surface area contributed by atoms with Gasteiger partial charge in [0.25, 0.3) is 0 Å². The molecule has 0 aliphatic carbocycles. The molecule has 5 heteroatoms. The molecule has 4 nitrogen and oxygen atoms in total. The lowest BCUT2D eigenvalue weighted by atomic mass is 10.2. The van der Waals surface area contributed by atoms with E-state index in [-0.39, 0.29) is 6.03 Å². The van der Waals surface area contributed by atoms with Gasteiger partial charge < -0.3 is 15.4 Å². The first-order valence-corrected chi connectivity index (χ1v) is 7.71. The van der Waals surface area contributed by atoms with Crippen molar-refractivity contribution >= 4 is 34.3 Å². The molecule has 0 aromatic heterocycles. The Bertz CT molecular complexity index is 599. The summed E-state index contributed by atoms with van der Waals surface area (Å²) in [4.78, 5) is 11.7. The van der Waals surface area contributed by atoms with Gasteiger partial charge in [0.05, 0.1) is 6.54 Å². The number of amides is 2. The molecule has 2 N–H and O–H groups in total. The van der Waals surface area contributed by atoms with Gasteiger partial charge in [0.1, 0.15) is 12.4 Å². The van der Waals surface area contributed by atoms with Crippen molar-refractivity contribution in [2.45, 2.75) is 6.92 Å². The SMILES string of the molecule is Cc1cccc(OCCNC(=O)Nc2ccc(I)cc2)c1. The van der Waals surface area contributed by atoms with Crippen molar-refractivity contribution in [1.82, 2.24) is 5.32 Å². The van der Waals surface area contributed by atoms with E-state index in [1.54, 1.807) is 0 Å². The number of anilines is 1. The van der Waals surface area contributed by atoms with Crippen LogP contribution in [0.25, 0.3) is 0 Å². The predicted octanol–water partition coefficient (Wildman–Crippen LogP) is 3.80. The molecular formula is C16H17IN2O2. The van der Waals surface area contributed by atoms with Crippen molar-refractivity contribution in [3.63, 3.8) is 0 Å². The van der Waals surface area contributed by atoms with Gasteiger partial charge in [0.2, 0.25) is 0 Å². The van der Waals surface area contributed by atoms with Gasteiger partial charge in [-0.2, -0.15) is 0 Å². The highest BCUT2D eigenvalue weighted by Crippen LogP contribution is 2.12. The van der Waals surface area contributed by atoms with E-state index in [0.717, 1.165) is 20.6 Å². The molecule has 0 radical (unpaired) electrons. The first-order chi connectivity index (χ1) is 10.1. The molecule has 2 aromatic rings. The van der Waals surface area contributed by atoms with E-state index in [4.69, 9.17) is 4.74 Å². The molecule has 0 saturated heterocycles. The Balaban J connectivity index is 1.68. The van der Waals surface area contributed by atoms with E-state index >= 15 is 0 Å². The van der Waals surface area contributed by atoms with Crippen LogP contribution in [-0.4, -0.2) is 19.2 Å². The quantitative estimate of drug-likeness (QED) is 0.597. The molecule has 110 valence electrons. The Morgan fingerprint density at radius 3 is 2.67 bits per heavy atom. The summed E-state index contributed by atoms with van der Waals surface area (Å²) in [5.41, 5.74) is 1.92. The van der Waals surface area contributed by atoms with Crippen molar-refractivity contribution in [1.29, 1.82) is 0 Å². The van der Waals surface area contributed by atoms with Crippen molar-refractivity contribution < 1.29 is 9.53 Å². The van der Waals surface area contributed by atoms with E-state index in [0.29, 0.717) is 13.2 Å². The van der Waals surface area contributed by atoms with Crippen LogP contribution in [0.5, 0.6) is 5.75 Å². The fraction of sp³-hybridized carbons (Fsp3) is 0.188. The largest absolute Gasteiger partial charge is 0.492 e. The zero-order valence-electron chi connectivity index (χ0n) is 11.7. The minimum atomic E-state index is -0.232. The van der Waals surface area contributed by atoms with Crippen molar-refractivity contribution in [3.8, 4) is 5.75 Å². The lowest BCUT2D eigenvalue weighted by molar-refractivity contribution is 0.247. The second-order valence-electron chi connectivity index (χ2n) is 4.55. The van der Waals surface area contributed by atoms with Crippen LogP contribution in [0.15, 0.2) is 48.5 Å². The van der Waals surface area contributed by atoms with Crippen LogP contribution >= 0.6 is 22.6 Å². The number of urea groups is 1. The van der Waals surface area contributed by atoms with Gasteiger partial charge in [0, 0.05) is 9.26 Å². The topological polar surface area (TPSA) is 50.4 Å². The van der Waals surface area contributed by atoms with Crippen LogP contribution in [0.3, 0.4) is 0 Å². The number of halogens is 1. The predicted molar refractivity (Wildman–Crippen MR) is 92.9 cm³/mol. The standard InChI is InChI=1S/C16H17IN2O2/c1-12-3-2-4-15(11-12)21-10-9-18-16(20)19-14-7-5-13(17)6-8-14/h2-8,11H,9-10H2,1H3,(H2,18,19,20). The van der Waals surface area contributed by atoms with Crippen LogP contribution in [0.4, 0.5) is 10.5 Å². The number of carbonyl (C=O) groups excluding carboxylic acids is 1. The Morgan fingerprint density at radius 1 is 1.19 bits per heavy atom. The molecule has 2 amide bonds. The van der Waals surface area contributed by atoms with Crippen molar-refractivity contribution in [2.75, 3.05) is 18.5 Å². The lowest BCUT2D eigenvalue weighted by Crippen LogP contribution is -2.32. The number of benzene rings is 2. The lowest BCUT2D eigenvalue weighted by Gasteiger charge is -2.09. The number of nitrogens with one attached hydrogen (secondary N) is 2. The second-order valence-corrected chi connectivity index (χ2v) is 5.80. The molecule has 2 aromatic carbocycles. The van der Waals surface area contributed by atoms with Gasteiger partial charge in [-0.15, -0.1) is 0 Å². The molecule has 21 heavy (non-hydrogen) atoms. The normalized spacial score (nSPS) is 10.0. The highest BCUT2D eigenvalue weighted by molar-refractivity contribution is 14.1. The average molecular weight is 396 g/mol. The Morgan fingerprint density at radius 2 is 1.95 bits per heavy atom. The third-order valence-electron chi connectivity index (χ3n) is 2.75. The number of ether oxygens (including phenoxy) is 1. The van der Waals surface area contributed by atoms with Crippen molar-refractivity contribution in [2.24, 2.45) is 0 Å². The second kappa shape index (κ2) is 7.87. The molecule has 2 rings (SSSR count). The van der Waals surface area contributed by atoms with E-state index in [1.807, 2.05) is 55.5 Å². The zero-order valence-corrected chi connectivity index (χ0v) is 13.9. The smallest absolute Gasteiger partial charge is 0.319 e. The number of hydrogen-bond acceptors (Lipinski definition) is 2. The third kappa shape index (κ3) is 5.63. The molecule has 0 spiro atoms. The summed E-state index contributed by atoms with van der Waals surface area (Å²) in [5, 5.41) is 5.52. The number of aryl methyl sites for hydroxylation is 1.